The van der Waals surface area contributed by atoms with Gasteiger partial charge in [-0.05, 0) is 32.5 Å². The summed E-state index contributed by atoms with van der Waals surface area (Å²) in [6.07, 6.45) is 0.860. The van der Waals surface area contributed by atoms with Gasteiger partial charge >= 0.3 is 0 Å². The topological polar surface area (TPSA) is 55.2 Å². The lowest BCUT2D eigenvalue weighted by Crippen LogP contribution is -2.29. The molecule has 0 saturated heterocycles. The Hall–Kier alpha value is -0.940. The second-order valence-electron chi connectivity index (χ2n) is 4.05. The van der Waals surface area contributed by atoms with Gasteiger partial charge in [-0.2, -0.15) is 0 Å². The first-order valence-corrected chi connectivity index (χ1v) is 6.41. The minimum Gasteiger partial charge on any atom is -0.317 e. The molecule has 5 heteroatoms. The van der Waals surface area contributed by atoms with E-state index in [1.165, 1.54) is 0 Å². The second kappa shape index (κ2) is 6.12. The number of rotatable bonds is 5. The standard InChI is InChI=1S/C12H17BrN2O2/c1-4-10(8(2)14-3)11-7-9(13)5-6-12(11)15(16)17/h5-8,10,14H,4H2,1-3H3. The summed E-state index contributed by atoms with van der Waals surface area (Å²) in [5.74, 6) is 0.137. The number of halogens is 1. The zero-order valence-corrected chi connectivity index (χ0v) is 11.8. The largest absolute Gasteiger partial charge is 0.317 e. The van der Waals surface area contributed by atoms with Crippen molar-refractivity contribution >= 4 is 21.6 Å². The minimum atomic E-state index is -0.313. The van der Waals surface area contributed by atoms with Crippen LogP contribution in [-0.2, 0) is 0 Å². The molecule has 0 amide bonds. The molecule has 1 rings (SSSR count). The number of hydrogen-bond donors (Lipinski definition) is 1. The van der Waals surface area contributed by atoms with Gasteiger partial charge in [0.05, 0.1) is 4.92 Å². The highest BCUT2D eigenvalue weighted by atomic mass is 79.9. The molecule has 1 aromatic rings. The highest BCUT2D eigenvalue weighted by Gasteiger charge is 2.24. The highest BCUT2D eigenvalue weighted by Crippen LogP contribution is 2.33. The fourth-order valence-electron chi connectivity index (χ4n) is 2.03. The fourth-order valence-corrected chi connectivity index (χ4v) is 2.41. The van der Waals surface area contributed by atoms with E-state index in [1.54, 1.807) is 12.1 Å². The van der Waals surface area contributed by atoms with E-state index in [4.69, 9.17) is 0 Å². The molecule has 2 atom stereocenters. The van der Waals surface area contributed by atoms with Crippen LogP contribution in [0.4, 0.5) is 5.69 Å². The molecular weight excluding hydrogens is 284 g/mol. The quantitative estimate of drug-likeness (QED) is 0.669. The summed E-state index contributed by atoms with van der Waals surface area (Å²) in [6, 6.07) is 5.32. The van der Waals surface area contributed by atoms with Crippen molar-refractivity contribution in [1.82, 2.24) is 5.32 Å². The molecule has 94 valence electrons. The predicted molar refractivity (Wildman–Crippen MR) is 72.4 cm³/mol. The van der Waals surface area contributed by atoms with Gasteiger partial charge in [-0.1, -0.05) is 22.9 Å². The van der Waals surface area contributed by atoms with Crippen molar-refractivity contribution in [1.29, 1.82) is 0 Å². The van der Waals surface area contributed by atoms with E-state index in [9.17, 15) is 10.1 Å². The van der Waals surface area contributed by atoms with Crippen molar-refractivity contribution in [2.45, 2.75) is 32.2 Å². The van der Waals surface area contributed by atoms with E-state index in [0.29, 0.717) is 0 Å². The molecule has 0 heterocycles. The van der Waals surface area contributed by atoms with Crippen molar-refractivity contribution in [3.63, 3.8) is 0 Å². The van der Waals surface area contributed by atoms with Crippen LogP contribution < -0.4 is 5.32 Å². The molecule has 0 aliphatic carbocycles. The Kier molecular flexibility index (Phi) is 5.08. The second-order valence-corrected chi connectivity index (χ2v) is 4.97. The Balaban J connectivity index is 3.25. The zero-order chi connectivity index (χ0) is 13.0. The SMILES string of the molecule is CCC(c1cc(Br)ccc1[N+](=O)[O-])C(C)NC. The van der Waals surface area contributed by atoms with E-state index in [2.05, 4.69) is 21.2 Å². The van der Waals surface area contributed by atoms with Gasteiger partial charge in [0.25, 0.3) is 5.69 Å². The molecule has 0 spiro atoms. The molecule has 0 saturated carbocycles. The Morgan fingerprint density at radius 3 is 2.65 bits per heavy atom. The lowest BCUT2D eigenvalue weighted by atomic mass is 9.89. The fraction of sp³-hybridized carbons (Fsp3) is 0.500. The van der Waals surface area contributed by atoms with Gasteiger partial charge in [-0.15, -0.1) is 0 Å². The Bertz CT molecular complexity index is 409. The molecule has 0 radical (unpaired) electrons. The number of nitro benzene ring substituents is 1. The van der Waals surface area contributed by atoms with Crippen molar-refractivity contribution in [2.75, 3.05) is 7.05 Å². The number of hydrogen-bond acceptors (Lipinski definition) is 3. The zero-order valence-electron chi connectivity index (χ0n) is 10.2. The van der Waals surface area contributed by atoms with Crippen LogP contribution in [0.3, 0.4) is 0 Å². The van der Waals surface area contributed by atoms with Gasteiger partial charge in [-0.25, -0.2) is 0 Å². The number of benzene rings is 1. The third-order valence-electron chi connectivity index (χ3n) is 3.08. The summed E-state index contributed by atoms with van der Waals surface area (Å²) in [5.41, 5.74) is 0.982. The van der Waals surface area contributed by atoms with Crippen LogP contribution >= 0.6 is 15.9 Å². The van der Waals surface area contributed by atoms with Crippen LogP contribution in [0.25, 0.3) is 0 Å². The molecule has 0 aliphatic rings. The first-order chi connectivity index (χ1) is 8.01. The number of likely N-dealkylation sites (N-methyl/N-ethyl adjacent to an activating group) is 1. The summed E-state index contributed by atoms with van der Waals surface area (Å²) in [5, 5.41) is 14.2. The first-order valence-electron chi connectivity index (χ1n) is 5.62. The van der Waals surface area contributed by atoms with Gasteiger partial charge in [0.1, 0.15) is 0 Å². The molecule has 1 aromatic carbocycles. The number of nitrogens with zero attached hydrogens (tertiary/aromatic N) is 1. The van der Waals surface area contributed by atoms with Gasteiger partial charge in [-0.3, -0.25) is 10.1 Å². The lowest BCUT2D eigenvalue weighted by molar-refractivity contribution is -0.385. The average molecular weight is 301 g/mol. The molecule has 17 heavy (non-hydrogen) atoms. The van der Waals surface area contributed by atoms with Crippen LogP contribution in [0.2, 0.25) is 0 Å². The van der Waals surface area contributed by atoms with Gasteiger partial charge in [0.2, 0.25) is 0 Å². The normalized spacial score (nSPS) is 14.4. The van der Waals surface area contributed by atoms with Crippen molar-refractivity contribution < 1.29 is 4.92 Å². The summed E-state index contributed by atoms with van der Waals surface area (Å²) < 4.78 is 0.875. The molecule has 0 bridgehead atoms. The molecule has 0 aromatic heterocycles. The summed E-state index contributed by atoms with van der Waals surface area (Å²) in [6.45, 7) is 4.09. The first kappa shape index (κ1) is 14.1. The van der Waals surface area contributed by atoms with Gasteiger partial charge < -0.3 is 5.32 Å². The maximum absolute atomic E-state index is 11.0. The summed E-state index contributed by atoms with van der Waals surface area (Å²) in [7, 11) is 1.87. The van der Waals surface area contributed by atoms with E-state index < -0.39 is 0 Å². The minimum absolute atomic E-state index is 0.137. The van der Waals surface area contributed by atoms with Crippen LogP contribution in [0.5, 0.6) is 0 Å². The Labute approximate surface area is 110 Å². The number of nitro groups is 1. The molecular formula is C12H17BrN2O2. The van der Waals surface area contributed by atoms with E-state index in [0.717, 1.165) is 16.5 Å². The number of nitrogens with one attached hydrogen (secondary N) is 1. The average Bonchev–Trinajstić information content (AvgIpc) is 2.29. The third kappa shape index (κ3) is 3.26. The Morgan fingerprint density at radius 2 is 2.18 bits per heavy atom. The van der Waals surface area contributed by atoms with Crippen molar-refractivity contribution in [2.24, 2.45) is 0 Å². The van der Waals surface area contributed by atoms with E-state index in [-0.39, 0.29) is 22.6 Å². The highest BCUT2D eigenvalue weighted by molar-refractivity contribution is 9.10. The maximum Gasteiger partial charge on any atom is 0.272 e. The maximum atomic E-state index is 11.0. The predicted octanol–water partition coefficient (Wildman–Crippen LogP) is 3.46. The molecule has 0 fully saturated rings. The van der Waals surface area contributed by atoms with Gasteiger partial charge in [0.15, 0.2) is 0 Å². The lowest BCUT2D eigenvalue weighted by Gasteiger charge is -2.22. The van der Waals surface area contributed by atoms with E-state index in [1.807, 2.05) is 27.0 Å². The summed E-state index contributed by atoms with van der Waals surface area (Å²) >= 11 is 3.37. The van der Waals surface area contributed by atoms with Crippen molar-refractivity contribution in [3.05, 3.63) is 38.3 Å². The molecule has 1 N–H and O–H groups in total. The van der Waals surface area contributed by atoms with Crippen LogP contribution in [0, 0.1) is 10.1 Å². The molecule has 2 unspecified atom stereocenters. The monoisotopic (exact) mass is 300 g/mol. The molecule has 0 aliphatic heterocycles. The third-order valence-corrected chi connectivity index (χ3v) is 3.58. The van der Waals surface area contributed by atoms with E-state index >= 15 is 0 Å². The van der Waals surface area contributed by atoms with Crippen molar-refractivity contribution in [3.8, 4) is 0 Å². The van der Waals surface area contributed by atoms with Crippen LogP contribution in [-0.4, -0.2) is 18.0 Å². The van der Waals surface area contributed by atoms with Gasteiger partial charge in [0, 0.05) is 28.1 Å². The smallest absolute Gasteiger partial charge is 0.272 e. The molecule has 4 nitrogen and oxygen atoms in total. The van der Waals surface area contributed by atoms with Crippen LogP contribution in [0.15, 0.2) is 22.7 Å². The summed E-state index contributed by atoms with van der Waals surface area (Å²) in [4.78, 5) is 10.7. The van der Waals surface area contributed by atoms with Crippen LogP contribution in [0.1, 0.15) is 31.7 Å². The Morgan fingerprint density at radius 1 is 1.53 bits per heavy atom.